The van der Waals surface area contributed by atoms with E-state index in [9.17, 15) is 0 Å². The molecule has 0 bridgehead atoms. The fraction of sp³-hybridized carbons (Fsp3) is 0.538. The molecule has 1 heterocycles. The molecule has 0 aliphatic carbocycles. The van der Waals surface area contributed by atoms with E-state index in [1.807, 2.05) is 12.2 Å². The molecule has 0 aromatic rings. The average molecular weight is 192 g/mol. The van der Waals surface area contributed by atoms with Gasteiger partial charge >= 0.3 is 0 Å². The second-order valence-corrected chi connectivity index (χ2v) is 4.56. The van der Waals surface area contributed by atoms with Crippen LogP contribution < -0.4 is 0 Å². The normalized spacial score (nSPS) is 29.9. The molecule has 0 aromatic carbocycles. The summed E-state index contributed by atoms with van der Waals surface area (Å²) >= 11 is 0. The molecule has 0 spiro atoms. The van der Waals surface area contributed by atoms with Gasteiger partial charge in [-0.05, 0) is 6.08 Å². The van der Waals surface area contributed by atoms with Crippen molar-refractivity contribution >= 4 is 0 Å². The maximum absolute atomic E-state index is 3.84. The molecule has 1 nitrogen and oxygen atoms in total. The molecule has 0 saturated heterocycles. The van der Waals surface area contributed by atoms with Crippen molar-refractivity contribution in [2.75, 3.05) is 14.1 Å². The van der Waals surface area contributed by atoms with E-state index in [4.69, 9.17) is 0 Å². The van der Waals surface area contributed by atoms with Gasteiger partial charge in [-0.3, -0.25) is 0 Å². The second-order valence-electron chi connectivity index (χ2n) is 4.56. The summed E-state index contributed by atoms with van der Waals surface area (Å²) in [4.78, 5) is 0. The Morgan fingerprint density at radius 2 is 1.93 bits per heavy atom. The van der Waals surface area contributed by atoms with Gasteiger partial charge in [0.1, 0.15) is 6.04 Å². The zero-order valence-electron chi connectivity index (χ0n) is 9.45. The minimum absolute atomic E-state index is 0.589. The number of nitrogens with zero attached hydrogens (tertiary/aromatic N) is 1. The van der Waals surface area contributed by atoms with Gasteiger partial charge < -0.3 is 4.48 Å². The van der Waals surface area contributed by atoms with Gasteiger partial charge in [-0.1, -0.05) is 18.2 Å². The molecule has 0 N–H and O–H groups in total. The summed E-state index contributed by atoms with van der Waals surface area (Å²) in [6.07, 6.45) is 12.0. The third-order valence-corrected chi connectivity index (χ3v) is 3.41. The lowest BCUT2D eigenvalue weighted by Gasteiger charge is -2.45. The highest BCUT2D eigenvalue weighted by atomic mass is 15.4. The molecule has 78 valence electrons. The predicted octanol–water partition coefficient (Wildman–Crippen LogP) is 2.91. The quantitative estimate of drug-likeness (QED) is 0.474. The lowest BCUT2D eigenvalue weighted by atomic mass is 9.95. The van der Waals surface area contributed by atoms with Gasteiger partial charge in [0, 0.05) is 19.3 Å². The van der Waals surface area contributed by atoms with Crippen LogP contribution in [0.15, 0.2) is 37.5 Å². The van der Waals surface area contributed by atoms with Crippen LogP contribution in [0.25, 0.3) is 0 Å². The molecule has 1 heteroatoms. The molecule has 1 aliphatic rings. The van der Waals surface area contributed by atoms with Gasteiger partial charge in [0.05, 0.1) is 20.1 Å². The van der Waals surface area contributed by atoms with Crippen LogP contribution in [0.4, 0.5) is 0 Å². The Kier molecular flexibility index (Phi) is 3.70. The van der Waals surface area contributed by atoms with E-state index in [1.54, 1.807) is 0 Å². The van der Waals surface area contributed by atoms with Crippen molar-refractivity contribution in [3.63, 3.8) is 0 Å². The third-order valence-electron chi connectivity index (χ3n) is 3.41. The highest BCUT2D eigenvalue weighted by molar-refractivity contribution is 4.99. The molecule has 2 atom stereocenters. The number of hydrogen-bond donors (Lipinski definition) is 0. The Bertz CT molecular complexity index is 238. The molecule has 14 heavy (non-hydrogen) atoms. The fourth-order valence-electron chi connectivity index (χ4n) is 2.24. The first kappa shape index (κ1) is 11.3. The highest BCUT2D eigenvalue weighted by Crippen LogP contribution is 2.27. The first-order valence-electron chi connectivity index (χ1n) is 5.34. The summed E-state index contributed by atoms with van der Waals surface area (Å²) in [6.45, 7) is 7.66. The summed E-state index contributed by atoms with van der Waals surface area (Å²) in [6, 6.07) is 1.27. The van der Waals surface area contributed by atoms with Gasteiger partial charge in [0.2, 0.25) is 0 Å². The van der Waals surface area contributed by atoms with E-state index in [2.05, 4.69) is 39.4 Å². The van der Waals surface area contributed by atoms with Crippen molar-refractivity contribution in [3.05, 3.63) is 37.5 Å². The van der Waals surface area contributed by atoms with E-state index in [0.29, 0.717) is 12.1 Å². The SMILES string of the molecule is C=CC[C@H]1CC=C[C@@H](CC=C)[N+]1(C)C. The predicted molar refractivity (Wildman–Crippen MR) is 63.1 cm³/mol. The van der Waals surface area contributed by atoms with Gasteiger partial charge in [-0.2, -0.15) is 0 Å². The molecular weight excluding hydrogens is 170 g/mol. The van der Waals surface area contributed by atoms with E-state index >= 15 is 0 Å². The van der Waals surface area contributed by atoms with Crippen molar-refractivity contribution in [2.24, 2.45) is 0 Å². The van der Waals surface area contributed by atoms with E-state index in [0.717, 1.165) is 17.3 Å². The van der Waals surface area contributed by atoms with Crippen LogP contribution >= 0.6 is 0 Å². The average Bonchev–Trinajstić information content (AvgIpc) is 2.13. The van der Waals surface area contributed by atoms with Crippen LogP contribution in [0.1, 0.15) is 19.3 Å². The molecule has 0 fully saturated rings. The Labute approximate surface area is 88.0 Å². The van der Waals surface area contributed by atoms with Crippen molar-refractivity contribution in [1.29, 1.82) is 0 Å². The Morgan fingerprint density at radius 1 is 1.29 bits per heavy atom. The standard InChI is InChI=1S/C13H22N/c1-5-8-12-10-7-11-13(9-6-2)14(12,3)4/h5-7,10,12-13H,1-2,8-9,11H2,3-4H3/q+1/t12-,13+/m1/s1. The van der Waals surface area contributed by atoms with Crippen LogP contribution in [0.2, 0.25) is 0 Å². The zero-order valence-corrected chi connectivity index (χ0v) is 9.45. The van der Waals surface area contributed by atoms with Gasteiger partial charge in [0.15, 0.2) is 0 Å². The maximum atomic E-state index is 3.84. The van der Waals surface area contributed by atoms with Crippen LogP contribution in [0, 0.1) is 0 Å². The monoisotopic (exact) mass is 192 g/mol. The number of rotatable bonds is 4. The molecule has 0 aromatic heterocycles. The van der Waals surface area contributed by atoms with E-state index in [-0.39, 0.29) is 0 Å². The molecule has 0 saturated carbocycles. The molecule has 0 radical (unpaired) electrons. The smallest absolute Gasteiger partial charge is 0.111 e. The second kappa shape index (κ2) is 4.61. The van der Waals surface area contributed by atoms with Gasteiger partial charge in [0.25, 0.3) is 0 Å². The first-order chi connectivity index (χ1) is 6.62. The summed E-state index contributed by atoms with van der Waals surface area (Å²) < 4.78 is 1.06. The van der Waals surface area contributed by atoms with E-state index < -0.39 is 0 Å². The first-order valence-corrected chi connectivity index (χ1v) is 5.34. The summed E-state index contributed by atoms with van der Waals surface area (Å²) in [5.74, 6) is 0. The Morgan fingerprint density at radius 3 is 2.50 bits per heavy atom. The maximum Gasteiger partial charge on any atom is 0.111 e. The van der Waals surface area contributed by atoms with Crippen molar-refractivity contribution in [1.82, 2.24) is 0 Å². The van der Waals surface area contributed by atoms with Gasteiger partial charge in [-0.25, -0.2) is 0 Å². The minimum atomic E-state index is 0.589. The van der Waals surface area contributed by atoms with Crippen LogP contribution in [0.5, 0.6) is 0 Å². The molecular formula is C13H22N+. The van der Waals surface area contributed by atoms with Crippen LogP contribution in [-0.4, -0.2) is 30.7 Å². The summed E-state index contributed by atoms with van der Waals surface area (Å²) in [7, 11) is 4.62. The van der Waals surface area contributed by atoms with Crippen molar-refractivity contribution in [3.8, 4) is 0 Å². The summed E-state index contributed by atoms with van der Waals surface area (Å²) in [5.41, 5.74) is 0. The van der Waals surface area contributed by atoms with E-state index in [1.165, 1.54) is 6.42 Å². The lowest BCUT2D eigenvalue weighted by Crippen LogP contribution is -2.56. The van der Waals surface area contributed by atoms with Crippen molar-refractivity contribution in [2.45, 2.75) is 31.3 Å². The number of hydrogen-bond acceptors (Lipinski definition) is 0. The van der Waals surface area contributed by atoms with Crippen LogP contribution in [-0.2, 0) is 0 Å². The van der Waals surface area contributed by atoms with Gasteiger partial charge in [-0.15, -0.1) is 13.2 Å². The molecule has 0 amide bonds. The fourth-order valence-corrected chi connectivity index (χ4v) is 2.24. The summed E-state index contributed by atoms with van der Waals surface area (Å²) in [5, 5.41) is 0. The largest absolute Gasteiger partial charge is 0.320 e. The number of likely N-dealkylation sites (N-methyl/N-ethyl adjacent to an activating group) is 1. The Balaban J connectivity index is 2.78. The topological polar surface area (TPSA) is 0 Å². The third kappa shape index (κ3) is 2.16. The Hall–Kier alpha value is -0.820. The minimum Gasteiger partial charge on any atom is -0.320 e. The molecule has 0 unspecified atom stereocenters. The number of quaternary nitrogens is 1. The highest BCUT2D eigenvalue weighted by Gasteiger charge is 2.35. The molecule has 1 aliphatic heterocycles. The van der Waals surface area contributed by atoms with Crippen LogP contribution in [0.3, 0.4) is 0 Å². The zero-order chi connectivity index (χ0) is 10.6. The van der Waals surface area contributed by atoms with Crippen molar-refractivity contribution < 1.29 is 4.48 Å². The molecule has 1 rings (SSSR count). The lowest BCUT2D eigenvalue weighted by molar-refractivity contribution is -0.933.